The van der Waals surface area contributed by atoms with Crippen LogP contribution in [0.1, 0.15) is 12.1 Å². The average Bonchev–Trinajstić information content (AvgIpc) is 3.06. The molecule has 9 heteroatoms. The maximum absolute atomic E-state index is 12.7. The summed E-state index contributed by atoms with van der Waals surface area (Å²) in [4.78, 5) is 22.2. The first-order valence-electron chi connectivity index (χ1n) is 6.54. The molecule has 0 spiro atoms. The first-order chi connectivity index (χ1) is 9.95. The van der Waals surface area contributed by atoms with Gasteiger partial charge in [0.25, 0.3) is 0 Å². The number of ether oxygens (including phenoxy) is 1. The van der Waals surface area contributed by atoms with Crippen molar-refractivity contribution in [3.8, 4) is 0 Å². The highest BCUT2D eigenvalue weighted by atomic mass is 19.4. The Morgan fingerprint density at radius 1 is 1.33 bits per heavy atom. The van der Waals surface area contributed by atoms with Crippen molar-refractivity contribution in [1.82, 2.24) is 14.9 Å². The Kier molecular flexibility index (Phi) is 3.34. The van der Waals surface area contributed by atoms with Crippen LogP contribution in [-0.2, 0) is 10.9 Å². The van der Waals surface area contributed by atoms with Gasteiger partial charge in [0.2, 0.25) is 5.95 Å². The highest BCUT2D eigenvalue weighted by Gasteiger charge is 2.37. The quantitative estimate of drug-likeness (QED) is 0.829. The second-order valence-corrected chi connectivity index (χ2v) is 4.94. The normalized spacial score (nSPS) is 22.8. The van der Waals surface area contributed by atoms with E-state index in [-0.39, 0.29) is 18.1 Å². The van der Waals surface area contributed by atoms with Crippen LogP contribution in [0, 0.1) is 0 Å². The number of hydrogen-bond donors (Lipinski definition) is 0. The van der Waals surface area contributed by atoms with Gasteiger partial charge in [-0.1, -0.05) is 0 Å². The minimum absolute atomic E-state index is 0.0416. The minimum Gasteiger partial charge on any atom is -0.448 e. The summed E-state index contributed by atoms with van der Waals surface area (Å²) >= 11 is 0. The highest BCUT2D eigenvalue weighted by molar-refractivity contribution is 5.70. The van der Waals surface area contributed by atoms with Gasteiger partial charge in [0.05, 0.1) is 12.6 Å². The molecule has 2 saturated heterocycles. The zero-order valence-electron chi connectivity index (χ0n) is 11.0. The Balaban J connectivity index is 1.73. The smallest absolute Gasteiger partial charge is 0.433 e. The molecule has 6 nitrogen and oxygen atoms in total. The summed E-state index contributed by atoms with van der Waals surface area (Å²) in [6.07, 6.45) is -3.10. The van der Waals surface area contributed by atoms with E-state index in [2.05, 4.69) is 9.97 Å². The van der Waals surface area contributed by atoms with Crippen molar-refractivity contribution in [3.05, 3.63) is 18.0 Å². The summed E-state index contributed by atoms with van der Waals surface area (Å²) in [5.41, 5.74) is -0.962. The first-order valence-corrected chi connectivity index (χ1v) is 6.54. The third-order valence-electron chi connectivity index (χ3n) is 3.61. The lowest BCUT2D eigenvalue weighted by Crippen LogP contribution is -2.38. The van der Waals surface area contributed by atoms with Gasteiger partial charge >= 0.3 is 12.3 Å². The number of cyclic esters (lactones) is 1. The summed E-state index contributed by atoms with van der Waals surface area (Å²) in [5.74, 6) is 0.0416. The molecule has 3 rings (SSSR count). The number of rotatable bonds is 2. The van der Waals surface area contributed by atoms with Crippen LogP contribution < -0.4 is 4.90 Å². The highest BCUT2D eigenvalue weighted by Crippen LogP contribution is 2.29. The molecule has 1 unspecified atom stereocenters. The number of carbonyl (C=O) groups is 1. The van der Waals surface area contributed by atoms with Crippen molar-refractivity contribution in [2.45, 2.75) is 18.6 Å². The van der Waals surface area contributed by atoms with Crippen LogP contribution in [-0.4, -0.2) is 53.2 Å². The first kappa shape index (κ1) is 13.9. The summed E-state index contributed by atoms with van der Waals surface area (Å²) in [6, 6.07) is 0.771. The molecule has 0 aliphatic carbocycles. The Bertz CT molecular complexity index is 552. The van der Waals surface area contributed by atoms with Gasteiger partial charge in [-0.15, -0.1) is 0 Å². The molecular formula is C12H13F3N4O2. The predicted molar refractivity (Wildman–Crippen MR) is 65.7 cm³/mol. The van der Waals surface area contributed by atoms with Crippen molar-refractivity contribution in [1.29, 1.82) is 0 Å². The summed E-state index contributed by atoms with van der Waals surface area (Å²) < 4.78 is 42.8. The maximum atomic E-state index is 12.7. The zero-order chi connectivity index (χ0) is 15.0. The van der Waals surface area contributed by atoms with E-state index >= 15 is 0 Å². The van der Waals surface area contributed by atoms with Gasteiger partial charge in [-0.25, -0.2) is 14.8 Å². The lowest BCUT2D eigenvalue weighted by atomic mass is 10.2. The summed E-state index contributed by atoms with van der Waals surface area (Å²) in [5, 5.41) is 0. The lowest BCUT2D eigenvalue weighted by molar-refractivity contribution is -0.141. The van der Waals surface area contributed by atoms with Crippen molar-refractivity contribution in [2.75, 3.05) is 31.1 Å². The number of hydrogen-bond acceptors (Lipinski definition) is 5. The van der Waals surface area contributed by atoms with E-state index < -0.39 is 11.9 Å². The Morgan fingerprint density at radius 3 is 2.81 bits per heavy atom. The minimum atomic E-state index is -4.49. The topological polar surface area (TPSA) is 58.6 Å². The molecule has 2 fully saturated rings. The molecule has 1 amide bonds. The van der Waals surface area contributed by atoms with E-state index in [1.54, 1.807) is 9.80 Å². The standard InChI is InChI=1S/C12H13F3N4O2/c13-12(14,15)9-1-3-16-10(17-9)18-4-2-8(7-18)19-5-6-21-11(19)20/h1,3,8H,2,4-7H2. The Hall–Kier alpha value is -2.06. The third-order valence-corrected chi connectivity index (χ3v) is 3.61. The van der Waals surface area contributed by atoms with Gasteiger partial charge in [-0.2, -0.15) is 13.2 Å². The van der Waals surface area contributed by atoms with Crippen LogP contribution in [0.4, 0.5) is 23.9 Å². The van der Waals surface area contributed by atoms with Gasteiger partial charge < -0.3 is 9.64 Å². The summed E-state index contributed by atoms with van der Waals surface area (Å²) in [7, 11) is 0. The number of anilines is 1. The van der Waals surface area contributed by atoms with Gasteiger partial charge in [0.1, 0.15) is 12.3 Å². The van der Waals surface area contributed by atoms with E-state index in [9.17, 15) is 18.0 Å². The van der Waals surface area contributed by atoms with Crippen LogP contribution >= 0.6 is 0 Å². The predicted octanol–water partition coefficient (Wildman–Crippen LogP) is 1.53. The van der Waals surface area contributed by atoms with Gasteiger partial charge in [-0.3, -0.25) is 4.90 Å². The van der Waals surface area contributed by atoms with Crippen LogP contribution in [0.25, 0.3) is 0 Å². The van der Waals surface area contributed by atoms with Crippen LogP contribution in [0.3, 0.4) is 0 Å². The average molecular weight is 302 g/mol. The molecule has 1 atom stereocenters. The molecule has 2 aliphatic rings. The lowest BCUT2D eigenvalue weighted by Gasteiger charge is -2.22. The fourth-order valence-corrected chi connectivity index (χ4v) is 2.57. The Morgan fingerprint density at radius 2 is 2.14 bits per heavy atom. The van der Waals surface area contributed by atoms with Crippen molar-refractivity contribution >= 4 is 12.0 Å². The molecule has 114 valence electrons. The number of carbonyl (C=O) groups excluding carboxylic acids is 1. The molecule has 0 saturated carbocycles. The fraction of sp³-hybridized carbons (Fsp3) is 0.583. The Labute approximate surface area is 118 Å². The van der Waals surface area contributed by atoms with Crippen molar-refractivity contribution < 1.29 is 22.7 Å². The largest absolute Gasteiger partial charge is 0.448 e. The molecule has 21 heavy (non-hydrogen) atoms. The number of halogens is 3. The monoisotopic (exact) mass is 302 g/mol. The van der Waals surface area contributed by atoms with E-state index in [0.717, 1.165) is 12.3 Å². The number of aromatic nitrogens is 2. The maximum Gasteiger partial charge on any atom is 0.433 e. The van der Waals surface area contributed by atoms with Crippen LogP contribution in [0.15, 0.2) is 12.3 Å². The molecule has 0 bridgehead atoms. The van der Waals surface area contributed by atoms with Crippen LogP contribution in [0.2, 0.25) is 0 Å². The molecule has 0 radical (unpaired) electrons. The number of amides is 1. The second-order valence-electron chi connectivity index (χ2n) is 4.94. The van der Waals surface area contributed by atoms with Gasteiger partial charge in [0.15, 0.2) is 0 Å². The van der Waals surface area contributed by atoms with Gasteiger partial charge in [-0.05, 0) is 12.5 Å². The van der Waals surface area contributed by atoms with Crippen molar-refractivity contribution in [2.24, 2.45) is 0 Å². The van der Waals surface area contributed by atoms with Gasteiger partial charge in [0, 0.05) is 19.3 Å². The molecule has 2 aliphatic heterocycles. The van der Waals surface area contributed by atoms with Crippen LogP contribution in [0.5, 0.6) is 0 Å². The summed E-state index contributed by atoms with van der Waals surface area (Å²) in [6.45, 7) is 1.79. The van der Waals surface area contributed by atoms with E-state index in [1.807, 2.05) is 0 Å². The zero-order valence-corrected chi connectivity index (χ0v) is 11.0. The van der Waals surface area contributed by atoms with E-state index in [4.69, 9.17) is 4.74 Å². The molecule has 0 aromatic carbocycles. The molecule has 1 aromatic heterocycles. The van der Waals surface area contributed by atoms with E-state index in [1.165, 1.54) is 0 Å². The number of nitrogens with zero attached hydrogens (tertiary/aromatic N) is 4. The molecule has 1 aromatic rings. The van der Waals surface area contributed by atoms with Crippen molar-refractivity contribution in [3.63, 3.8) is 0 Å². The molecule has 0 N–H and O–H groups in total. The van der Waals surface area contributed by atoms with E-state index in [0.29, 0.717) is 32.7 Å². The fourth-order valence-electron chi connectivity index (χ4n) is 2.57. The molecular weight excluding hydrogens is 289 g/mol. The number of alkyl halides is 3. The SMILES string of the molecule is O=C1OCCN1C1CCN(c2nccc(C(F)(F)F)n2)C1. The third kappa shape index (κ3) is 2.72. The molecule has 3 heterocycles. The second kappa shape index (κ2) is 5.05.